The molecule has 1 atom stereocenters. The van der Waals surface area contributed by atoms with Crippen LogP contribution in [0.4, 0.5) is 0 Å². The topological polar surface area (TPSA) is 68.9 Å². The van der Waals surface area contributed by atoms with E-state index in [2.05, 4.69) is 26.1 Å². The molecule has 0 unspecified atom stereocenters. The number of amides is 1. The first kappa shape index (κ1) is 12.5. The lowest BCUT2D eigenvalue weighted by molar-refractivity contribution is -0.117. The van der Waals surface area contributed by atoms with E-state index in [0.717, 1.165) is 14.4 Å². The normalized spacial score (nSPS) is 12.3. The fraction of sp³-hybridized carbons (Fsp3) is 0.100. The second kappa shape index (κ2) is 5.61. The zero-order chi connectivity index (χ0) is 12.3. The van der Waals surface area contributed by atoms with Crippen LogP contribution in [-0.2, 0) is 4.79 Å². The summed E-state index contributed by atoms with van der Waals surface area (Å²) in [6.45, 7) is 0. The Morgan fingerprint density at radius 2 is 2.12 bits per heavy atom. The SMILES string of the molecule is NC(=O)[C@@H](Sc1nncs1)c1ccc(Br)cc1. The van der Waals surface area contributed by atoms with E-state index in [0.29, 0.717) is 0 Å². The molecule has 2 aromatic rings. The predicted octanol–water partition coefficient (Wildman–Crippen LogP) is 2.62. The van der Waals surface area contributed by atoms with Gasteiger partial charge in [0.05, 0.1) is 0 Å². The number of benzene rings is 1. The zero-order valence-electron chi connectivity index (χ0n) is 8.54. The number of halogens is 1. The van der Waals surface area contributed by atoms with Crippen LogP contribution in [-0.4, -0.2) is 16.1 Å². The van der Waals surface area contributed by atoms with Crippen LogP contribution >= 0.6 is 39.0 Å². The van der Waals surface area contributed by atoms with Crippen LogP contribution in [0.25, 0.3) is 0 Å². The molecular formula is C10H8BrN3OS2. The van der Waals surface area contributed by atoms with Crippen molar-refractivity contribution in [2.24, 2.45) is 5.73 Å². The van der Waals surface area contributed by atoms with Gasteiger partial charge in [-0.05, 0) is 17.7 Å². The molecule has 1 aromatic carbocycles. The fourth-order valence-corrected chi connectivity index (χ4v) is 3.13. The van der Waals surface area contributed by atoms with Gasteiger partial charge in [-0.15, -0.1) is 10.2 Å². The van der Waals surface area contributed by atoms with Crippen LogP contribution in [0.15, 0.2) is 38.6 Å². The first-order chi connectivity index (χ1) is 8.16. The van der Waals surface area contributed by atoms with E-state index < -0.39 is 5.25 Å². The Kier molecular flexibility index (Phi) is 4.14. The smallest absolute Gasteiger partial charge is 0.235 e. The third-order valence-electron chi connectivity index (χ3n) is 1.99. The Morgan fingerprint density at radius 3 is 2.65 bits per heavy atom. The first-order valence-electron chi connectivity index (χ1n) is 4.64. The van der Waals surface area contributed by atoms with E-state index in [9.17, 15) is 4.79 Å². The first-order valence-corrected chi connectivity index (χ1v) is 7.19. The molecule has 1 amide bonds. The number of primary amides is 1. The van der Waals surface area contributed by atoms with Crippen LogP contribution < -0.4 is 5.73 Å². The van der Waals surface area contributed by atoms with E-state index >= 15 is 0 Å². The summed E-state index contributed by atoms with van der Waals surface area (Å²) < 4.78 is 1.70. The number of thioether (sulfide) groups is 1. The quantitative estimate of drug-likeness (QED) is 0.875. The molecule has 0 aliphatic carbocycles. The Morgan fingerprint density at radius 1 is 1.41 bits per heavy atom. The highest BCUT2D eigenvalue weighted by atomic mass is 79.9. The molecular weight excluding hydrogens is 322 g/mol. The summed E-state index contributed by atoms with van der Waals surface area (Å²) in [5, 5.41) is 7.19. The lowest BCUT2D eigenvalue weighted by Gasteiger charge is -2.11. The van der Waals surface area contributed by atoms with Crippen molar-refractivity contribution < 1.29 is 4.79 Å². The summed E-state index contributed by atoms with van der Waals surface area (Å²) in [6.07, 6.45) is 0. The highest BCUT2D eigenvalue weighted by molar-refractivity contribution is 9.10. The van der Waals surface area contributed by atoms with Gasteiger partial charge in [-0.25, -0.2) is 0 Å². The molecule has 0 aliphatic rings. The summed E-state index contributed by atoms with van der Waals surface area (Å²) in [7, 11) is 0. The van der Waals surface area contributed by atoms with Crippen molar-refractivity contribution in [3.8, 4) is 0 Å². The third-order valence-corrected chi connectivity index (χ3v) is 4.60. The second-order valence-electron chi connectivity index (χ2n) is 3.16. The summed E-state index contributed by atoms with van der Waals surface area (Å²) in [6, 6.07) is 7.50. The summed E-state index contributed by atoms with van der Waals surface area (Å²) in [5.41, 5.74) is 7.90. The Labute approximate surface area is 115 Å². The lowest BCUT2D eigenvalue weighted by Crippen LogP contribution is -2.18. The average Bonchev–Trinajstić information content (AvgIpc) is 2.80. The van der Waals surface area contributed by atoms with Crippen LogP contribution in [0.1, 0.15) is 10.8 Å². The average molecular weight is 330 g/mol. The summed E-state index contributed by atoms with van der Waals surface area (Å²) in [4.78, 5) is 11.5. The van der Waals surface area contributed by atoms with Gasteiger partial charge in [0, 0.05) is 4.47 Å². The molecule has 0 bridgehead atoms. The lowest BCUT2D eigenvalue weighted by atomic mass is 10.1. The van der Waals surface area contributed by atoms with Crippen LogP contribution in [0.2, 0.25) is 0 Å². The fourth-order valence-electron chi connectivity index (χ4n) is 1.24. The second-order valence-corrected chi connectivity index (χ2v) is 6.26. The van der Waals surface area contributed by atoms with Gasteiger partial charge in [-0.1, -0.05) is 51.2 Å². The Hall–Kier alpha value is -0.920. The van der Waals surface area contributed by atoms with Gasteiger partial charge in [-0.2, -0.15) is 0 Å². The molecule has 0 aliphatic heterocycles. The third kappa shape index (κ3) is 3.27. The molecule has 7 heteroatoms. The van der Waals surface area contributed by atoms with Crippen molar-refractivity contribution >= 4 is 44.9 Å². The molecule has 0 saturated heterocycles. The Bertz CT molecular complexity index is 501. The van der Waals surface area contributed by atoms with E-state index in [1.807, 2.05) is 24.3 Å². The molecule has 1 heterocycles. The molecule has 1 aromatic heterocycles. The Balaban J connectivity index is 2.23. The van der Waals surface area contributed by atoms with Crippen molar-refractivity contribution in [1.82, 2.24) is 10.2 Å². The summed E-state index contributed by atoms with van der Waals surface area (Å²) >= 11 is 6.06. The molecule has 17 heavy (non-hydrogen) atoms. The molecule has 2 rings (SSSR count). The van der Waals surface area contributed by atoms with Crippen molar-refractivity contribution in [2.45, 2.75) is 9.59 Å². The van der Waals surface area contributed by atoms with Crippen LogP contribution in [0, 0.1) is 0 Å². The van der Waals surface area contributed by atoms with Crippen molar-refractivity contribution in [1.29, 1.82) is 0 Å². The molecule has 4 nitrogen and oxygen atoms in total. The van der Waals surface area contributed by atoms with Gasteiger partial charge in [0.2, 0.25) is 5.91 Å². The minimum atomic E-state index is -0.434. The minimum Gasteiger partial charge on any atom is -0.368 e. The van der Waals surface area contributed by atoms with Gasteiger partial charge in [0.15, 0.2) is 4.34 Å². The van der Waals surface area contributed by atoms with Crippen molar-refractivity contribution in [2.75, 3.05) is 0 Å². The highest BCUT2D eigenvalue weighted by Crippen LogP contribution is 2.35. The number of hydrogen-bond acceptors (Lipinski definition) is 5. The number of carbonyl (C=O) groups is 1. The molecule has 88 valence electrons. The summed E-state index contributed by atoms with van der Waals surface area (Å²) in [5.74, 6) is -0.382. The van der Waals surface area contributed by atoms with Gasteiger partial charge < -0.3 is 5.73 Å². The number of hydrogen-bond donors (Lipinski definition) is 1. The molecule has 0 radical (unpaired) electrons. The maximum atomic E-state index is 11.5. The number of nitrogens with zero attached hydrogens (tertiary/aromatic N) is 2. The molecule has 0 saturated carbocycles. The number of rotatable bonds is 4. The molecule has 0 spiro atoms. The van der Waals surface area contributed by atoms with Crippen molar-refractivity contribution in [3.05, 3.63) is 39.8 Å². The maximum absolute atomic E-state index is 11.5. The standard InChI is InChI=1S/C10H8BrN3OS2/c11-7-3-1-6(2-4-7)8(9(12)15)17-10-14-13-5-16-10/h1-5,8H,(H2,12,15)/t8-/m0/s1. The van der Waals surface area contributed by atoms with Gasteiger partial charge in [-0.3, -0.25) is 4.79 Å². The number of nitrogens with two attached hydrogens (primary N) is 1. The van der Waals surface area contributed by atoms with Gasteiger partial charge >= 0.3 is 0 Å². The van der Waals surface area contributed by atoms with Crippen LogP contribution in [0.3, 0.4) is 0 Å². The molecule has 0 fully saturated rings. The maximum Gasteiger partial charge on any atom is 0.235 e. The largest absolute Gasteiger partial charge is 0.368 e. The van der Waals surface area contributed by atoms with E-state index in [-0.39, 0.29) is 5.91 Å². The molecule has 2 N–H and O–H groups in total. The van der Waals surface area contributed by atoms with E-state index in [1.54, 1.807) is 5.51 Å². The van der Waals surface area contributed by atoms with Crippen LogP contribution in [0.5, 0.6) is 0 Å². The van der Waals surface area contributed by atoms with Gasteiger partial charge in [0.1, 0.15) is 10.8 Å². The van der Waals surface area contributed by atoms with E-state index in [4.69, 9.17) is 5.73 Å². The number of carbonyl (C=O) groups excluding carboxylic acids is 1. The van der Waals surface area contributed by atoms with Crippen molar-refractivity contribution in [3.63, 3.8) is 0 Å². The van der Waals surface area contributed by atoms with E-state index in [1.165, 1.54) is 23.1 Å². The highest BCUT2D eigenvalue weighted by Gasteiger charge is 2.20. The monoisotopic (exact) mass is 329 g/mol. The minimum absolute atomic E-state index is 0.382. The van der Waals surface area contributed by atoms with Gasteiger partial charge in [0.25, 0.3) is 0 Å². The predicted molar refractivity (Wildman–Crippen MR) is 71.8 cm³/mol. The zero-order valence-corrected chi connectivity index (χ0v) is 11.8. The number of aromatic nitrogens is 2.